The summed E-state index contributed by atoms with van der Waals surface area (Å²) in [6, 6.07) is 8.56. The van der Waals surface area contributed by atoms with Gasteiger partial charge in [0.1, 0.15) is 0 Å². The zero-order chi connectivity index (χ0) is 17.6. The molecule has 0 aromatic heterocycles. The van der Waals surface area contributed by atoms with Gasteiger partial charge in [0.05, 0.1) is 10.6 Å². The van der Waals surface area contributed by atoms with Gasteiger partial charge in [-0.3, -0.25) is 4.79 Å². The van der Waals surface area contributed by atoms with Crippen LogP contribution in [0.1, 0.15) is 23.2 Å². The Morgan fingerprint density at radius 1 is 1.27 bits per heavy atom. The third-order valence-electron chi connectivity index (χ3n) is 5.17. The molecule has 0 bridgehead atoms. The number of hydrogen-bond acceptors (Lipinski definition) is 4. The number of sulfonamides is 1. The van der Waals surface area contributed by atoms with Crippen molar-refractivity contribution >= 4 is 44.8 Å². The SMILES string of the molecule is CN1C(=O)c2cccc3c(S(=O)(=O)NCCC4CCNC4)ccc1c23.Cl. The lowest BCUT2D eigenvalue weighted by Gasteiger charge is -2.13. The molecule has 0 saturated carbocycles. The van der Waals surface area contributed by atoms with Gasteiger partial charge >= 0.3 is 0 Å². The highest BCUT2D eigenvalue weighted by Gasteiger charge is 2.30. The van der Waals surface area contributed by atoms with Crippen LogP contribution in [0, 0.1) is 5.92 Å². The topological polar surface area (TPSA) is 78.5 Å². The highest BCUT2D eigenvalue weighted by molar-refractivity contribution is 7.89. The molecule has 2 aliphatic rings. The quantitative estimate of drug-likeness (QED) is 0.812. The molecule has 0 spiro atoms. The van der Waals surface area contributed by atoms with E-state index in [1.54, 1.807) is 42.3 Å². The molecule has 26 heavy (non-hydrogen) atoms. The van der Waals surface area contributed by atoms with E-state index in [1.807, 2.05) is 0 Å². The number of nitrogens with zero attached hydrogens (tertiary/aromatic N) is 1. The van der Waals surface area contributed by atoms with Gasteiger partial charge in [-0.15, -0.1) is 12.4 Å². The zero-order valence-corrected chi connectivity index (χ0v) is 16.1. The van der Waals surface area contributed by atoms with Gasteiger partial charge in [0.2, 0.25) is 10.0 Å². The number of carbonyl (C=O) groups is 1. The monoisotopic (exact) mass is 395 g/mol. The van der Waals surface area contributed by atoms with Gasteiger partial charge in [0.25, 0.3) is 5.91 Å². The number of rotatable bonds is 5. The summed E-state index contributed by atoms with van der Waals surface area (Å²) in [7, 11) is -1.91. The maximum absolute atomic E-state index is 12.8. The smallest absolute Gasteiger partial charge is 0.258 e. The number of anilines is 1. The van der Waals surface area contributed by atoms with E-state index in [-0.39, 0.29) is 23.2 Å². The predicted octanol–water partition coefficient (Wildman–Crippen LogP) is 2.13. The number of carbonyl (C=O) groups excluding carboxylic acids is 1. The maximum Gasteiger partial charge on any atom is 0.258 e. The van der Waals surface area contributed by atoms with Crippen LogP contribution in [0.15, 0.2) is 35.2 Å². The van der Waals surface area contributed by atoms with Crippen molar-refractivity contribution in [1.82, 2.24) is 10.0 Å². The van der Waals surface area contributed by atoms with E-state index in [4.69, 9.17) is 0 Å². The standard InChI is InChI=1S/C18H21N3O3S.ClH/c1-21-15-5-6-16(13-3-2-4-14(17(13)15)18(21)22)25(23,24)20-10-8-12-7-9-19-11-12;/h2-6,12,19-20H,7-11H2,1H3;1H. The molecule has 6 nitrogen and oxygen atoms in total. The lowest BCUT2D eigenvalue weighted by atomic mass is 10.1. The Morgan fingerprint density at radius 2 is 2.08 bits per heavy atom. The van der Waals surface area contributed by atoms with Crippen LogP contribution in [-0.2, 0) is 10.0 Å². The molecule has 1 saturated heterocycles. The summed E-state index contributed by atoms with van der Waals surface area (Å²) < 4.78 is 28.3. The van der Waals surface area contributed by atoms with E-state index in [0.717, 1.165) is 37.0 Å². The molecule has 2 aromatic carbocycles. The molecule has 1 atom stereocenters. The Balaban J connectivity index is 0.00000196. The molecular weight excluding hydrogens is 374 g/mol. The minimum absolute atomic E-state index is 0. The summed E-state index contributed by atoms with van der Waals surface area (Å²) in [4.78, 5) is 14.1. The lowest BCUT2D eigenvalue weighted by Crippen LogP contribution is -2.27. The van der Waals surface area contributed by atoms with Crippen molar-refractivity contribution < 1.29 is 13.2 Å². The van der Waals surface area contributed by atoms with E-state index >= 15 is 0 Å². The first-order chi connectivity index (χ1) is 12.0. The fraction of sp³-hybridized carbons (Fsp3) is 0.389. The molecule has 140 valence electrons. The number of halogens is 1. The van der Waals surface area contributed by atoms with Crippen molar-refractivity contribution in [2.75, 3.05) is 31.6 Å². The minimum Gasteiger partial charge on any atom is -0.316 e. The third-order valence-corrected chi connectivity index (χ3v) is 6.69. The zero-order valence-electron chi connectivity index (χ0n) is 14.5. The van der Waals surface area contributed by atoms with Crippen LogP contribution in [0.2, 0.25) is 0 Å². The Hall–Kier alpha value is -1.67. The van der Waals surface area contributed by atoms with Gasteiger partial charge in [0.15, 0.2) is 0 Å². The van der Waals surface area contributed by atoms with Gasteiger partial charge in [-0.05, 0) is 50.0 Å². The molecule has 1 amide bonds. The number of hydrogen-bond donors (Lipinski definition) is 2. The van der Waals surface area contributed by atoms with Gasteiger partial charge in [0, 0.05) is 29.9 Å². The Bertz CT molecular complexity index is 956. The van der Waals surface area contributed by atoms with E-state index in [9.17, 15) is 13.2 Å². The molecule has 2 heterocycles. The Morgan fingerprint density at radius 3 is 2.81 bits per heavy atom. The number of amides is 1. The van der Waals surface area contributed by atoms with E-state index in [0.29, 0.717) is 23.4 Å². The molecule has 2 N–H and O–H groups in total. The molecule has 2 aliphatic heterocycles. The summed E-state index contributed by atoms with van der Waals surface area (Å²) in [5, 5.41) is 4.61. The van der Waals surface area contributed by atoms with Crippen LogP contribution in [0.5, 0.6) is 0 Å². The molecule has 0 aliphatic carbocycles. The molecule has 4 rings (SSSR count). The van der Waals surface area contributed by atoms with Crippen LogP contribution in [-0.4, -0.2) is 41.0 Å². The molecule has 8 heteroatoms. The second-order valence-electron chi connectivity index (χ2n) is 6.72. The summed E-state index contributed by atoms with van der Waals surface area (Å²) >= 11 is 0. The van der Waals surface area contributed by atoms with Crippen LogP contribution in [0.4, 0.5) is 5.69 Å². The maximum atomic E-state index is 12.8. The van der Waals surface area contributed by atoms with Gasteiger partial charge in [-0.25, -0.2) is 13.1 Å². The van der Waals surface area contributed by atoms with Crippen molar-refractivity contribution in [2.24, 2.45) is 5.92 Å². The van der Waals surface area contributed by atoms with Crippen molar-refractivity contribution in [2.45, 2.75) is 17.7 Å². The molecular formula is C18H22ClN3O3S. The summed E-state index contributed by atoms with van der Waals surface area (Å²) in [5.74, 6) is 0.429. The van der Waals surface area contributed by atoms with Crippen LogP contribution < -0.4 is 14.9 Å². The largest absolute Gasteiger partial charge is 0.316 e. The second-order valence-corrected chi connectivity index (χ2v) is 8.46. The first-order valence-electron chi connectivity index (χ1n) is 8.53. The normalized spacial score (nSPS) is 19.2. The first kappa shape index (κ1) is 19.1. The fourth-order valence-corrected chi connectivity index (χ4v) is 5.03. The average molecular weight is 396 g/mol. The summed E-state index contributed by atoms with van der Waals surface area (Å²) in [6.07, 6.45) is 1.92. The number of benzene rings is 2. The average Bonchev–Trinajstić information content (AvgIpc) is 3.19. The minimum atomic E-state index is -3.62. The van der Waals surface area contributed by atoms with E-state index in [1.165, 1.54) is 0 Å². The Labute approximate surface area is 159 Å². The molecule has 1 fully saturated rings. The van der Waals surface area contributed by atoms with Crippen LogP contribution in [0.25, 0.3) is 10.8 Å². The van der Waals surface area contributed by atoms with Gasteiger partial charge < -0.3 is 10.2 Å². The van der Waals surface area contributed by atoms with Crippen LogP contribution in [0.3, 0.4) is 0 Å². The predicted molar refractivity (Wildman–Crippen MR) is 105 cm³/mol. The van der Waals surface area contributed by atoms with Crippen molar-refractivity contribution in [3.63, 3.8) is 0 Å². The van der Waals surface area contributed by atoms with E-state index in [2.05, 4.69) is 10.0 Å². The van der Waals surface area contributed by atoms with Crippen molar-refractivity contribution in [3.05, 3.63) is 35.9 Å². The second kappa shape index (κ2) is 7.15. The van der Waals surface area contributed by atoms with Gasteiger partial charge in [-0.2, -0.15) is 0 Å². The Kier molecular flexibility index (Phi) is 5.25. The van der Waals surface area contributed by atoms with E-state index < -0.39 is 10.0 Å². The lowest BCUT2D eigenvalue weighted by molar-refractivity contribution is 0.0999. The molecule has 0 radical (unpaired) electrons. The highest BCUT2D eigenvalue weighted by Crippen LogP contribution is 2.39. The number of nitrogens with one attached hydrogen (secondary N) is 2. The van der Waals surface area contributed by atoms with Gasteiger partial charge in [-0.1, -0.05) is 12.1 Å². The highest BCUT2D eigenvalue weighted by atomic mass is 35.5. The third kappa shape index (κ3) is 3.09. The van der Waals surface area contributed by atoms with Crippen molar-refractivity contribution in [1.29, 1.82) is 0 Å². The summed E-state index contributed by atoms with van der Waals surface area (Å²) in [5.41, 5.74) is 1.32. The van der Waals surface area contributed by atoms with Crippen molar-refractivity contribution in [3.8, 4) is 0 Å². The summed E-state index contributed by atoms with van der Waals surface area (Å²) in [6.45, 7) is 2.39. The van der Waals surface area contributed by atoms with Crippen LogP contribution >= 0.6 is 12.4 Å². The first-order valence-corrected chi connectivity index (χ1v) is 10.0. The molecule has 1 unspecified atom stereocenters. The fourth-order valence-electron chi connectivity index (χ4n) is 3.78. The molecule has 2 aromatic rings.